The van der Waals surface area contributed by atoms with Gasteiger partial charge in [-0.2, -0.15) is 5.26 Å². The SMILES string of the molecule is CNc1nc(C)ncc1C#N. The summed E-state index contributed by atoms with van der Waals surface area (Å²) in [5.41, 5.74) is 0.470. The second-order valence-electron chi connectivity index (χ2n) is 2.04. The van der Waals surface area contributed by atoms with Gasteiger partial charge in [0, 0.05) is 7.05 Å². The van der Waals surface area contributed by atoms with Crippen LogP contribution in [0.2, 0.25) is 0 Å². The lowest BCUT2D eigenvalue weighted by molar-refractivity contribution is 1.04. The van der Waals surface area contributed by atoms with Crippen molar-refractivity contribution in [3.05, 3.63) is 17.6 Å². The van der Waals surface area contributed by atoms with E-state index in [0.717, 1.165) is 0 Å². The molecule has 0 saturated heterocycles. The van der Waals surface area contributed by atoms with Crippen LogP contribution < -0.4 is 5.32 Å². The maximum absolute atomic E-state index is 8.57. The number of aryl methyl sites for hydroxylation is 1. The molecule has 56 valence electrons. The Kier molecular flexibility index (Phi) is 2.02. The zero-order chi connectivity index (χ0) is 8.27. The molecular formula is C7H8N4. The number of aromatic nitrogens is 2. The van der Waals surface area contributed by atoms with Crippen LogP contribution in [0.4, 0.5) is 5.82 Å². The molecule has 1 N–H and O–H groups in total. The first-order chi connectivity index (χ1) is 5.27. The summed E-state index contributed by atoms with van der Waals surface area (Å²) in [5.74, 6) is 1.24. The molecule has 0 radical (unpaired) electrons. The summed E-state index contributed by atoms with van der Waals surface area (Å²) in [6.45, 7) is 1.78. The summed E-state index contributed by atoms with van der Waals surface area (Å²) in [6.07, 6.45) is 1.51. The molecule has 0 fully saturated rings. The van der Waals surface area contributed by atoms with Crippen LogP contribution in [-0.2, 0) is 0 Å². The standard InChI is InChI=1S/C7H8N4/c1-5-10-4-6(3-8)7(9-2)11-5/h4H,1-2H3,(H,9,10,11). The molecule has 0 aliphatic rings. The monoisotopic (exact) mass is 148 g/mol. The van der Waals surface area contributed by atoms with Crippen LogP contribution in [-0.4, -0.2) is 17.0 Å². The maximum atomic E-state index is 8.57. The molecule has 1 aromatic rings. The van der Waals surface area contributed by atoms with Crippen molar-refractivity contribution in [3.8, 4) is 6.07 Å². The molecule has 0 amide bonds. The Morgan fingerprint density at radius 1 is 1.64 bits per heavy atom. The third kappa shape index (κ3) is 1.44. The molecule has 0 spiro atoms. The first kappa shape index (κ1) is 7.48. The summed E-state index contributed by atoms with van der Waals surface area (Å²) in [6, 6.07) is 1.99. The summed E-state index contributed by atoms with van der Waals surface area (Å²) >= 11 is 0. The number of rotatable bonds is 1. The smallest absolute Gasteiger partial charge is 0.147 e. The van der Waals surface area contributed by atoms with Crippen LogP contribution in [0.1, 0.15) is 11.4 Å². The van der Waals surface area contributed by atoms with Gasteiger partial charge in [-0.05, 0) is 6.92 Å². The molecule has 0 unspecified atom stereocenters. The van der Waals surface area contributed by atoms with E-state index in [1.54, 1.807) is 14.0 Å². The van der Waals surface area contributed by atoms with E-state index in [-0.39, 0.29) is 0 Å². The van der Waals surface area contributed by atoms with Gasteiger partial charge in [-0.15, -0.1) is 0 Å². The Bertz CT molecular complexity index is 300. The van der Waals surface area contributed by atoms with Crippen molar-refractivity contribution < 1.29 is 0 Å². The average Bonchev–Trinajstić information content (AvgIpc) is 2.04. The number of hydrogen-bond acceptors (Lipinski definition) is 4. The van der Waals surface area contributed by atoms with Crippen LogP contribution in [0.5, 0.6) is 0 Å². The first-order valence-electron chi connectivity index (χ1n) is 3.19. The van der Waals surface area contributed by atoms with Crippen molar-refractivity contribution in [1.29, 1.82) is 5.26 Å². The molecular weight excluding hydrogens is 140 g/mol. The molecule has 1 aromatic heterocycles. The van der Waals surface area contributed by atoms with Gasteiger partial charge in [0.15, 0.2) is 0 Å². The molecule has 4 nitrogen and oxygen atoms in total. The van der Waals surface area contributed by atoms with E-state index in [2.05, 4.69) is 15.3 Å². The molecule has 0 aliphatic carbocycles. The zero-order valence-electron chi connectivity index (χ0n) is 6.42. The highest BCUT2D eigenvalue weighted by molar-refractivity contribution is 5.49. The molecule has 0 bridgehead atoms. The second-order valence-corrected chi connectivity index (χ2v) is 2.04. The van der Waals surface area contributed by atoms with Crippen molar-refractivity contribution in [2.45, 2.75) is 6.92 Å². The van der Waals surface area contributed by atoms with Crippen molar-refractivity contribution in [2.75, 3.05) is 12.4 Å². The molecule has 1 rings (SSSR count). The molecule has 0 aliphatic heterocycles. The van der Waals surface area contributed by atoms with Gasteiger partial charge in [0.2, 0.25) is 0 Å². The van der Waals surface area contributed by atoms with Crippen LogP contribution in [0.25, 0.3) is 0 Å². The number of nitrogens with one attached hydrogen (secondary N) is 1. The summed E-state index contributed by atoms with van der Waals surface area (Å²) < 4.78 is 0. The molecule has 0 atom stereocenters. The lowest BCUT2D eigenvalue weighted by Crippen LogP contribution is -1.99. The van der Waals surface area contributed by atoms with E-state index < -0.39 is 0 Å². The highest BCUT2D eigenvalue weighted by Crippen LogP contribution is 2.07. The number of nitriles is 1. The minimum absolute atomic E-state index is 0.470. The van der Waals surface area contributed by atoms with E-state index in [9.17, 15) is 0 Å². The summed E-state index contributed by atoms with van der Waals surface area (Å²) in [5, 5.41) is 11.4. The van der Waals surface area contributed by atoms with Crippen molar-refractivity contribution in [3.63, 3.8) is 0 Å². The minimum Gasteiger partial charge on any atom is -0.372 e. The predicted octanol–water partition coefficient (Wildman–Crippen LogP) is 0.698. The Hall–Kier alpha value is -1.63. The largest absolute Gasteiger partial charge is 0.372 e. The first-order valence-corrected chi connectivity index (χ1v) is 3.19. The van der Waals surface area contributed by atoms with Gasteiger partial charge in [-0.3, -0.25) is 0 Å². The van der Waals surface area contributed by atoms with Crippen LogP contribution >= 0.6 is 0 Å². The Morgan fingerprint density at radius 2 is 2.36 bits per heavy atom. The minimum atomic E-state index is 0.470. The fourth-order valence-corrected chi connectivity index (χ4v) is 0.742. The fourth-order valence-electron chi connectivity index (χ4n) is 0.742. The molecule has 1 heterocycles. The number of anilines is 1. The van der Waals surface area contributed by atoms with E-state index in [4.69, 9.17) is 5.26 Å². The van der Waals surface area contributed by atoms with Crippen molar-refractivity contribution in [1.82, 2.24) is 9.97 Å². The summed E-state index contributed by atoms with van der Waals surface area (Å²) in [7, 11) is 1.72. The predicted molar refractivity (Wildman–Crippen MR) is 41.0 cm³/mol. The van der Waals surface area contributed by atoms with Crippen LogP contribution in [0.15, 0.2) is 6.20 Å². The van der Waals surface area contributed by atoms with E-state index in [1.165, 1.54) is 6.20 Å². The van der Waals surface area contributed by atoms with Crippen molar-refractivity contribution >= 4 is 5.82 Å². The molecule has 11 heavy (non-hydrogen) atoms. The second kappa shape index (κ2) is 2.97. The van der Waals surface area contributed by atoms with E-state index in [1.807, 2.05) is 6.07 Å². The molecule has 0 saturated carbocycles. The Balaban J connectivity index is 3.19. The Labute approximate surface area is 64.9 Å². The van der Waals surface area contributed by atoms with Gasteiger partial charge in [0.25, 0.3) is 0 Å². The van der Waals surface area contributed by atoms with Crippen LogP contribution in [0.3, 0.4) is 0 Å². The van der Waals surface area contributed by atoms with Crippen LogP contribution in [0, 0.1) is 18.3 Å². The van der Waals surface area contributed by atoms with Crippen molar-refractivity contribution in [2.24, 2.45) is 0 Å². The van der Waals surface area contributed by atoms with Gasteiger partial charge >= 0.3 is 0 Å². The zero-order valence-corrected chi connectivity index (χ0v) is 6.42. The topological polar surface area (TPSA) is 61.6 Å². The normalized spacial score (nSPS) is 8.82. The number of nitrogens with zero attached hydrogens (tertiary/aromatic N) is 3. The van der Waals surface area contributed by atoms with E-state index in [0.29, 0.717) is 17.2 Å². The van der Waals surface area contributed by atoms with Gasteiger partial charge in [0.1, 0.15) is 23.3 Å². The maximum Gasteiger partial charge on any atom is 0.147 e. The van der Waals surface area contributed by atoms with Gasteiger partial charge in [-0.1, -0.05) is 0 Å². The molecule has 0 aromatic carbocycles. The van der Waals surface area contributed by atoms with Gasteiger partial charge < -0.3 is 5.32 Å². The fraction of sp³-hybridized carbons (Fsp3) is 0.286. The van der Waals surface area contributed by atoms with Gasteiger partial charge in [-0.25, -0.2) is 9.97 Å². The highest BCUT2D eigenvalue weighted by atomic mass is 15.0. The third-order valence-corrected chi connectivity index (χ3v) is 1.27. The number of hydrogen-bond donors (Lipinski definition) is 1. The lowest BCUT2D eigenvalue weighted by atomic mass is 10.3. The van der Waals surface area contributed by atoms with E-state index >= 15 is 0 Å². The molecule has 4 heteroatoms. The van der Waals surface area contributed by atoms with Gasteiger partial charge in [0.05, 0.1) is 6.20 Å². The third-order valence-electron chi connectivity index (χ3n) is 1.27. The quantitative estimate of drug-likeness (QED) is 0.636. The summed E-state index contributed by atoms with van der Waals surface area (Å²) in [4.78, 5) is 7.90. The highest BCUT2D eigenvalue weighted by Gasteiger charge is 2.00. The lowest BCUT2D eigenvalue weighted by Gasteiger charge is -2.00. The average molecular weight is 148 g/mol. The Morgan fingerprint density at radius 3 is 2.91 bits per heavy atom.